The van der Waals surface area contributed by atoms with E-state index in [9.17, 15) is 19.2 Å². The van der Waals surface area contributed by atoms with Crippen molar-refractivity contribution in [2.45, 2.75) is 65.9 Å². The third-order valence-electron chi connectivity index (χ3n) is 6.85. The number of hydrogen-bond donors (Lipinski definition) is 1. The van der Waals surface area contributed by atoms with Gasteiger partial charge < -0.3 is 19.7 Å². The van der Waals surface area contributed by atoms with Gasteiger partial charge in [0, 0.05) is 41.4 Å². The maximum absolute atomic E-state index is 13.1. The molecule has 0 aliphatic heterocycles. The van der Waals surface area contributed by atoms with Crippen molar-refractivity contribution in [1.29, 1.82) is 0 Å². The number of Topliss-reactive ketones (excluding diaryl/α,β-unsaturated/α-hetero) is 2. The van der Waals surface area contributed by atoms with Crippen molar-refractivity contribution in [3.8, 4) is 0 Å². The standard InChI is InChI=1S/C34H37N3O5/c1-4-11-32(40)37(21-24(3)39)27-19-25(22-42-33(41)17-10-5-12-23(2)38)18-26(20-27)35-34-28-13-6-8-15-30(28)36-31-16-9-7-14-29(31)34/h6-9,13-16,18-20H,4-5,10-12,17,21-22H2,1-3H3,(H,35,36). The van der Waals surface area contributed by atoms with E-state index in [1.54, 1.807) is 6.07 Å². The molecule has 1 amide bonds. The van der Waals surface area contributed by atoms with Crippen LogP contribution in [0, 0.1) is 0 Å². The highest BCUT2D eigenvalue weighted by molar-refractivity contribution is 6.09. The van der Waals surface area contributed by atoms with Crippen molar-refractivity contribution >= 4 is 62.3 Å². The van der Waals surface area contributed by atoms with Gasteiger partial charge >= 0.3 is 5.97 Å². The molecule has 42 heavy (non-hydrogen) atoms. The van der Waals surface area contributed by atoms with Crippen LogP contribution in [0.3, 0.4) is 0 Å². The number of aromatic nitrogens is 1. The number of carbonyl (C=O) groups is 4. The first-order chi connectivity index (χ1) is 20.2. The molecule has 1 heterocycles. The van der Waals surface area contributed by atoms with E-state index in [4.69, 9.17) is 9.72 Å². The zero-order valence-corrected chi connectivity index (χ0v) is 24.4. The summed E-state index contributed by atoms with van der Waals surface area (Å²) < 4.78 is 5.57. The lowest BCUT2D eigenvalue weighted by Crippen LogP contribution is -2.34. The van der Waals surface area contributed by atoms with Gasteiger partial charge in [0.15, 0.2) is 0 Å². The molecule has 4 aromatic rings. The Morgan fingerprint density at radius 3 is 2.07 bits per heavy atom. The molecule has 0 radical (unpaired) electrons. The van der Waals surface area contributed by atoms with Gasteiger partial charge in [-0.15, -0.1) is 0 Å². The van der Waals surface area contributed by atoms with Crippen LogP contribution in [0.5, 0.6) is 0 Å². The smallest absolute Gasteiger partial charge is 0.306 e. The zero-order valence-electron chi connectivity index (χ0n) is 24.4. The summed E-state index contributed by atoms with van der Waals surface area (Å²) in [5, 5.41) is 5.42. The maximum Gasteiger partial charge on any atom is 0.306 e. The molecular formula is C34H37N3O5. The fraction of sp³-hybridized carbons (Fsp3) is 0.324. The molecule has 1 aromatic heterocycles. The number of rotatable bonds is 14. The number of pyridine rings is 1. The summed E-state index contributed by atoms with van der Waals surface area (Å²) in [6.07, 6.45) is 2.83. The van der Waals surface area contributed by atoms with E-state index in [1.165, 1.54) is 18.7 Å². The van der Waals surface area contributed by atoms with Crippen LogP contribution in [0.25, 0.3) is 21.8 Å². The van der Waals surface area contributed by atoms with Gasteiger partial charge in [0.25, 0.3) is 0 Å². The lowest BCUT2D eigenvalue weighted by atomic mass is 10.1. The first kappa shape index (κ1) is 30.4. The number of ether oxygens (including phenoxy) is 1. The average molecular weight is 568 g/mol. The van der Waals surface area contributed by atoms with Crippen molar-refractivity contribution in [2.24, 2.45) is 0 Å². The quantitative estimate of drug-likeness (QED) is 0.0989. The van der Waals surface area contributed by atoms with Crippen molar-refractivity contribution in [1.82, 2.24) is 4.98 Å². The predicted molar refractivity (Wildman–Crippen MR) is 166 cm³/mol. The molecule has 0 saturated carbocycles. The minimum Gasteiger partial charge on any atom is -0.461 e. The first-order valence-corrected chi connectivity index (χ1v) is 14.4. The Morgan fingerprint density at radius 2 is 1.45 bits per heavy atom. The van der Waals surface area contributed by atoms with Crippen molar-refractivity contribution in [3.63, 3.8) is 0 Å². The Labute approximate surface area is 246 Å². The molecule has 3 aromatic carbocycles. The van der Waals surface area contributed by atoms with E-state index in [0.29, 0.717) is 49.0 Å². The van der Waals surface area contributed by atoms with Crippen LogP contribution < -0.4 is 10.2 Å². The molecule has 218 valence electrons. The van der Waals surface area contributed by atoms with E-state index in [-0.39, 0.29) is 43.0 Å². The summed E-state index contributed by atoms with van der Waals surface area (Å²) in [4.78, 5) is 55.2. The van der Waals surface area contributed by atoms with E-state index in [1.807, 2.05) is 67.6 Å². The second-order valence-electron chi connectivity index (χ2n) is 10.5. The van der Waals surface area contributed by atoms with Gasteiger partial charge in [-0.3, -0.25) is 14.4 Å². The highest BCUT2D eigenvalue weighted by atomic mass is 16.5. The minimum atomic E-state index is -0.354. The van der Waals surface area contributed by atoms with Crippen LogP contribution in [-0.2, 0) is 30.5 Å². The van der Waals surface area contributed by atoms with Crippen LogP contribution in [0.2, 0.25) is 0 Å². The molecule has 0 saturated heterocycles. The molecule has 0 aliphatic carbocycles. The number of para-hydroxylation sites is 2. The molecular weight excluding hydrogens is 530 g/mol. The summed E-state index contributed by atoms with van der Waals surface area (Å²) in [5.74, 6) is -0.546. The summed E-state index contributed by atoms with van der Waals surface area (Å²) in [7, 11) is 0. The number of carbonyl (C=O) groups excluding carboxylic acids is 4. The molecule has 1 N–H and O–H groups in total. The second-order valence-corrected chi connectivity index (χ2v) is 10.5. The fourth-order valence-electron chi connectivity index (χ4n) is 4.88. The third-order valence-corrected chi connectivity index (χ3v) is 6.85. The Bertz CT molecular complexity index is 1560. The summed E-state index contributed by atoms with van der Waals surface area (Å²) in [5.41, 5.74) is 4.44. The molecule has 0 aliphatic rings. The van der Waals surface area contributed by atoms with Crippen molar-refractivity contribution in [2.75, 3.05) is 16.8 Å². The number of ketones is 2. The van der Waals surface area contributed by atoms with Crippen LogP contribution >= 0.6 is 0 Å². The van der Waals surface area contributed by atoms with Crippen LogP contribution in [-0.4, -0.2) is 35.0 Å². The molecule has 8 nitrogen and oxygen atoms in total. The summed E-state index contributed by atoms with van der Waals surface area (Å²) in [6.45, 7) is 4.86. The molecule has 0 unspecified atom stereocenters. The molecule has 0 atom stereocenters. The number of amides is 1. The van der Waals surface area contributed by atoms with Crippen molar-refractivity contribution in [3.05, 3.63) is 72.3 Å². The number of anilines is 3. The van der Waals surface area contributed by atoms with E-state index in [2.05, 4.69) is 5.32 Å². The van der Waals surface area contributed by atoms with Crippen LogP contribution in [0.4, 0.5) is 17.1 Å². The van der Waals surface area contributed by atoms with Gasteiger partial charge in [-0.05, 0) is 69.0 Å². The SMILES string of the molecule is CCCC(=O)N(CC(C)=O)c1cc(COC(=O)CCCCC(C)=O)cc(Nc2c3ccccc3nc3ccccc23)c1. The third kappa shape index (κ3) is 8.00. The normalized spacial score (nSPS) is 10.9. The Hall–Kier alpha value is -4.59. The largest absolute Gasteiger partial charge is 0.461 e. The maximum atomic E-state index is 13.1. The van der Waals surface area contributed by atoms with Gasteiger partial charge in [-0.25, -0.2) is 4.98 Å². The van der Waals surface area contributed by atoms with Crippen LogP contribution in [0.1, 0.15) is 64.9 Å². The van der Waals surface area contributed by atoms with Crippen molar-refractivity contribution < 1.29 is 23.9 Å². The Morgan fingerprint density at radius 1 is 0.810 bits per heavy atom. The van der Waals surface area contributed by atoms with Gasteiger partial charge in [-0.2, -0.15) is 0 Å². The lowest BCUT2D eigenvalue weighted by Gasteiger charge is -2.24. The molecule has 0 fully saturated rings. The summed E-state index contributed by atoms with van der Waals surface area (Å²) >= 11 is 0. The fourth-order valence-corrected chi connectivity index (χ4v) is 4.88. The van der Waals surface area contributed by atoms with E-state index >= 15 is 0 Å². The Kier molecular flexibility index (Phi) is 10.4. The first-order valence-electron chi connectivity index (χ1n) is 14.4. The summed E-state index contributed by atoms with van der Waals surface area (Å²) in [6, 6.07) is 21.2. The predicted octanol–water partition coefficient (Wildman–Crippen LogP) is 7.05. The van der Waals surface area contributed by atoms with Gasteiger partial charge in [-0.1, -0.05) is 43.3 Å². The average Bonchev–Trinajstić information content (AvgIpc) is 2.96. The molecule has 4 rings (SSSR count). The number of nitrogens with one attached hydrogen (secondary N) is 1. The minimum absolute atomic E-state index is 0.00177. The number of fused-ring (bicyclic) bond motifs is 2. The zero-order chi connectivity index (χ0) is 30.1. The number of esters is 1. The van der Waals surface area contributed by atoms with E-state index in [0.717, 1.165) is 27.5 Å². The van der Waals surface area contributed by atoms with Gasteiger partial charge in [0.05, 0.1) is 23.3 Å². The second kappa shape index (κ2) is 14.3. The van der Waals surface area contributed by atoms with Crippen LogP contribution in [0.15, 0.2) is 66.7 Å². The van der Waals surface area contributed by atoms with E-state index < -0.39 is 0 Å². The number of unbranched alkanes of at least 4 members (excludes halogenated alkanes) is 1. The highest BCUT2D eigenvalue weighted by Gasteiger charge is 2.19. The monoisotopic (exact) mass is 567 g/mol. The molecule has 8 heteroatoms. The van der Waals surface area contributed by atoms with Gasteiger partial charge in [0.2, 0.25) is 5.91 Å². The highest BCUT2D eigenvalue weighted by Crippen LogP contribution is 2.34. The topological polar surface area (TPSA) is 106 Å². The number of nitrogens with zero attached hydrogens (tertiary/aromatic N) is 2. The lowest BCUT2D eigenvalue weighted by molar-refractivity contribution is -0.145. The molecule has 0 spiro atoms. The van der Waals surface area contributed by atoms with Gasteiger partial charge in [0.1, 0.15) is 18.2 Å². The number of benzene rings is 3. The number of hydrogen-bond acceptors (Lipinski definition) is 7. The molecule has 0 bridgehead atoms. The Balaban J connectivity index is 1.71.